The van der Waals surface area contributed by atoms with Crippen LogP contribution < -0.4 is 4.74 Å². The van der Waals surface area contributed by atoms with Crippen molar-refractivity contribution in [2.24, 2.45) is 0 Å². The average Bonchev–Trinajstić information content (AvgIpc) is 2.40. The molecule has 4 nitrogen and oxygen atoms in total. The van der Waals surface area contributed by atoms with Crippen molar-refractivity contribution in [3.05, 3.63) is 23.9 Å². The number of rotatable bonds is 2. The highest BCUT2D eigenvalue weighted by Gasteiger charge is 2.25. The van der Waals surface area contributed by atoms with Gasteiger partial charge in [-0.2, -0.15) is 5.26 Å². The van der Waals surface area contributed by atoms with E-state index in [0.29, 0.717) is 11.4 Å². The Kier molecular flexibility index (Phi) is 3.62. The van der Waals surface area contributed by atoms with Crippen molar-refractivity contribution in [2.75, 3.05) is 0 Å². The van der Waals surface area contributed by atoms with Gasteiger partial charge in [-0.05, 0) is 18.9 Å². The number of aromatic nitrogens is 1. The Bertz CT molecular complexity index is 469. The third kappa shape index (κ3) is 2.98. The predicted octanol–water partition coefficient (Wildman–Crippen LogP) is 2.05. The standard InChI is InChI=1S/C12H12BN3O/c14-8-10-3-6-16-12(7-10)17-11-1-4-13(9-15)5-2-11/h3,6-7,11H,1-2,4-5H2. The molecule has 1 fully saturated rings. The maximum atomic E-state index is 8.80. The molecular formula is C12H12BN3O. The van der Waals surface area contributed by atoms with Gasteiger partial charge in [-0.1, -0.05) is 12.6 Å². The highest BCUT2D eigenvalue weighted by Crippen LogP contribution is 2.23. The highest BCUT2D eigenvalue weighted by molar-refractivity contribution is 6.67. The van der Waals surface area contributed by atoms with Crippen LogP contribution in [0.25, 0.3) is 0 Å². The van der Waals surface area contributed by atoms with Crippen LogP contribution in [0.15, 0.2) is 18.3 Å². The van der Waals surface area contributed by atoms with Gasteiger partial charge in [0.2, 0.25) is 5.88 Å². The lowest BCUT2D eigenvalue weighted by Gasteiger charge is -2.23. The van der Waals surface area contributed by atoms with Crippen molar-refractivity contribution < 1.29 is 4.74 Å². The van der Waals surface area contributed by atoms with E-state index in [1.807, 2.05) is 0 Å². The third-order valence-corrected chi connectivity index (χ3v) is 3.01. The summed E-state index contributed by atoms with van der Waals surface area (Å²) in [6, 6.07) is 5.36. The summed E-state index contributed by atoms with van der Waals surface area (Å²) < 4.78 is 5.72. The molecule has 1 aromatic heterocycles. The van der Waals surface area contributed by atoms with Crippen LogP contribution in [0.5, 0.6) is 5.88 Å². The molecule has 0 amide bonds. The summed E-state index contributed by atoms with van der Waals surface area (Å²) in [5.41, 5.74) is 0.556. The van der Waals surface area contributed by atoms with Crippen molar-refractivity contribution in [3.63, 3.8) is 0 Å². The molecule has 0 spiro atoms. The van der Waals surface area contributed by atoms with Gasteiger partial charge in [0.1, 0.15) is 0 Å². The second-order valence-corrected chi connectivity index (χ2v) is 4.22. The lowest BCUT2D eigenvalue weighted by molar-refractivity contribution is 0.180. The smallest absolute Gasteiger partial charge is 0.268 e. The first-order valence-corrected chi connectivity index (χ1v) is 5.74. The molecule has 5 heteroatoms. The van der Waals surface area contributed by atoms with Crippen molar-refractivity contribution in [2.45, 2.75) is 31.6 Å². The first-order valence-electron chi connectivity index (χ1n) is 5.74. The first kappa shape index (κ1) is 11.5. The van der Waals surface area contributed by atoms with E-state index in [4.69, 9.17) is 15.3 Å². The van der Waals surface area contributed by atoms with Crippen LogP contribution in [0.3, 0.4) is 0 Å². The predicted molar refractivity (Wildman–Crippen MR) is 63.6 cm³/mol. The molecule has 1 saturated heterocycles. The summed E-state index contributed by atoms with van der Waals surface area (Å²) in [6.45, 7) is 0.174. The molecule has 0 N–H and O–H groups in total. The summed E-state index contributed by atoms with van der Waals surface area (Å²) in [5.74, 6) is 2.80. The van der Waals surface area contributed by atoms with Gasteiger partial charge in [-0.15, -0.1) is 0 Å². The number of hydrogen-bond acceptors (Lipinski definition) is 4. The van der Waals surface area contributed by atoms with Gasteiger partial charge >= 0.3 is 0 Å². The summed E-state index contributed by atoms with van der Waals surface area (Å²) >= 11 is 0. The Morgan fingerprint density at radius 1 is 1.35 bits per heavy atom. The minimum atomic E-state index is 0.126. The van der Waals surface area contributed by atoms with Crippen molar-refractivity contribution >= 4 is 6.71 Å². The molecule has 0 atom stereocenters. The van der Waals surface area contributed by atoms with Gasteiger partial charge in [-0.25, -0.2) is 10.2 Å². The van der Waals surface area contributed by atoms with E-state index >= 15 is 0 Å². The molecule has 0 aliphatic carbocycles. The maximum Gasteiger partial charge on any atom is 0.268 e. The van der Waals surface area contributed by atoms with Crippen LogP contribution in [-0.4, -0.2) is 17.8 Å². The summed E-state index contributed by atoms with van der Waals surface area (Å²) in [5, 5.41) is 17.6. The zero-order chi connectivity index (χ0) is 12.1. The quantitative estimate of drug-likeness (QED) is 0.722. The summed E-state index contributed by atoms with van der Waals surface area (Å²) in [6.07, 6.45) is 5.25. The monoisotopic (exact) mass is 225 g/mol. The zero-order valence-electron chi connectivity index (χ0n) is 9.47. The van der Waals surface area contributed by atoms with Gasteiger partial charge in [0.05, 0.1) is 17.7 Å². The van der Waals surface area contributed by atoms with Gasteiger partial charge < -0.3 is 4.74 Å². The second-order valence-electron chi connectivity index (χ2n) is 4.22. The molecule has 0 aromatic carbocycles. The van der Waals surface area contributed by atoms with Crippen molar-refractivity contribution in [3.8, 4) is 17.9 Å². The molecule has 0 bridgehead atoms. The number of nitriles is 2. The molecule has 1 aliphatic heterocycles. The fraction of sp³-hybridized carbons (Fsp3) is 0.417. The molecule has 0 unspecified atom stereocenters. The largest absolute Gasteiger partial charge is 0.474 e. The van der Waals surface area contributed by atoms with E-state index in [1.54, 1.807) is 18.3 Å². The molecule has 1 aromatic rings. The van der Waals surface area contributed by atoms with Gasteiger partial charge in [0.15, 0.2) is 0 Å². The van der Waals surface area contributed by atoms with Gasteiger partial charge in [0, 0.05) is 18.2 Å². The lowest BCUT2D eigenvalue weighted by atomic mass is 9.42. The Morgan fingerprint density at radius 3 is 2.76 bits per heavy atom. The van der Waals surface area contributed by atoms with Crippen LogP contribution in [0, 0.1) is 22.6 Å². The summed E-state index contributed by atoms with van der Waals surface area (Å²) in [4.78, 5) is 4.08. The topological polar surface area (TPSA) is 69.7 Å². The van der Waals surface area contributed by atoms with Crippen LogP contribution in [0.1, 0.15) is 18.4 Å². The molecule has 0 saturated carbocycles. The molecule has 1 aliphatic rings. The number of ether oxygens (including phenoxy) is 1. The Balaban J connectivity index is 1.94. The van der Waals surface area contributed by atoms with E-state index < -0.39 is 0 Å². The van der Waals surface area contributed by atoms with Crippen LogP contribution in [0.4, 0.5) is 0 Å². The van der Waals surface area contributed by atoms with Crippen LogP contribution in [0.2, 0.25) is 12.6 Å². The molecular weight excluding hydrogens is 213 g/mol. The Hall–Kier alpha value is -2.01. The fourth-order valence-corrected chi connectivity index (χ4v) is 2.02. The maximum absolute atomic E-state index is 8.80. The molecule has 2 rings (SSSR count). The molecule has 2 heterocycles. The zero-order valence-corrected chi connectivity index (χ0v) is 9.47. The average molecular weight is 225 g/mol. The second kappa shape index (κ2) is 5.36. The van der Waals surface area contributed by atoms with Crippen molar-refractivity contribution in [1.82, 2.24) is 4.98 Å². The normalized spacial score (nSPS) is 16.0. The van der Waals surface area contributed by atoms with Crippen molar-refractivity contribution in [1.29, 1.82) is 10.5 Å². The SMILES string of the molecule is N#CB1CCC(Oc2cc(C#N)ccn2)CC1. The Morgan fingerprint density at radius 2 is 2.12 bits per heavy atom. The van der Waals surface area contributed by atoms with E-state index in [1.165, 1.54) is 0 Å². The molecule has 17 heavy (non-hydrogen) atoms. The van der Waals surface area contributed by atoms with E-state index in [-0.39, 0.29) is 12.8 Å². The first-order chi connectivity index (χ1) is 8.31. The van der Waals surface area contributed by atoms with Crippen LogP contribution >= 0.6 is 0 Å². The van der Waals surface area contributed by atoms with Gasteiger partial charge in [-0.3, -0.25) is 0 Å². The number of pyridine rings is 1. The number of hydrogen-bond donors (Lipinski definition) is 0. The molecule has 0 radical (unpaired) electrons. The third-order valence-electron chi connectivity index (χ3n) is 3.01. The lowest BCUT2D eigenvalue weighted by Crippen LogP contribution is -2.27. The minimum absolute atomic E-state index is 0.126. The minimum Gasteiger partial charge on any atom is -0.474 e. The van der Waals surface area contributed by atoms with Crippen LogP contribution in [-0.2, 0) is 0 Å². The number of nitrogens with zero attached hydrogens (tertiary/aromatic N) is 3. The Labute approximate surface area is 101 Å². The molecule has 84 valence electrons. The highest BCUT2D eigenvalue weighted by atomic mass is 16.5. The summed E-state index contributed by atoms with van der Waals surface area (Å²) in [7, 11) is 0. The van der Waals surface area contributed by atoms with Gasteiger partial charge in [0.25, 0.3) is 6.71 Å². The fourth-order valence-electron chi connectivity index (χ4n) is 2.02. The van der Waals surface area contributed by atoms with E-state index in [2.05, 4.69) is 17.0 Å². The van der Waals surface area contributed by atoms with E-state index in [0.717, 1.165) is 25.5 Å². The van der Waals surface area contributed by atoms with E-state index in [9.17, 15) is 0 Å².